The molecule has 11 heteroatoms. The lowest BCUT2D eigenvalue weighted by Crippen LogP contribution is -2.39. The van der Waals surface area contributed by atoms with Gasteiger partial charge in [-0.3, -0.25) is 19.8 Å². The van der Waals surface area contributed by atoms with Crippen molar-refractivity contribution in [1.29, 1.82) is 0 Å². The molecule has 0 aliphatic carbocycles. The van der Waals surface area contributed by atoms with E-state index in [0.717, 1.165) is 0 Å². The molecule has 0 spiro atoms. The predicted octanol–water partition coefficient (Wildman–Crippen LogP) is 4.28. The number of benzene rings is 2. The molecule has 2 aromatic carbocycles. The Bertz CT molecular complexity index is 1410. The number of halogens is 1. The van der Waals surface area contributed by atoms with Crippen LogP contribution < -0.4 is 5.32 Å². The number of piperidine rings is 1. The maximum Gasteiger partial charge on any atom is 0.336 e. The van der Waals surface area contributed by atoms with Crippen LogP contribution >= 0.6 is 0 Å². The van der Waals surface area contributed by atoms with Gasteiger partial charge in [-0.25, -0.2) is 14.0 Å². The molecule has 2 aliphatic heterocycles. The molecule has 0 saturated carbocycles. The van der Waals surface area contributed by atoms with E-state index >= 15 is 0 Å². The summed E-state index contributed by atoms with van der Waals surface area (Å²) in [7, 11) is 1.21. The van der Waals surface area contributed by atoms with Crippen molar-refractivity contribution < 1.29 is 33.2 Å². The van der Waals surface area contributed by atoms with Gasteiger partial charge in [0.1, 0.15) is 12.4 Å². The maximum atomic E-state index is 13.4. The summed E-state index contributed by atoms with van der Waals surface area (Å²) in [6, 6.07) is 11.5. The van der Waals surface area contributed by atoms with Gasteiger partial charge in [-0.05, 0) is 64.0 Å². The number of Topliss-reactive ketones (excluding diaryl/α,β-unsaturated/α-hetero) is 1. The molecule has 2 aromatic rings. The third kappa shape index (κ3) is 6.51. The molecule has 1 unspecified atom stereocenters. The molecule has 216 valence electrons. The van der Waals surface area contributed by atoms with Crippen molar-refractivity contribution >= 4 is 23.4 Å². The SMILES string of the molecule is COC(=O)C1=C(C)NC(C)=C(C(=O)OCCN2CCC(C(=O)c3ccc(F)cc3)CC2)C1c1ccccc1[N+](=O)[O-]. The first-order valence-corrected chi connectivity index (χ1v) is 13.3. The summed E-state index contributed by atoms with van der Waals surface area (Å²) >= 11 is 0. The number of nitro benzene ring substituents is 1. The Labute approximate surface area is 237 Å². The molecule has 2 aliphatic rings. The van der Waals surface area contributed by atoms with Gasteiger partial charge in [0.25, 0.3) is 5.69 Å². The number of hydrogen-bond acceptors (Lipinski definition) is 9. The Balaban J connectivity index is 1.44. The number of methoxy groups -OCH3 is 1. The molecule has 0 radical (unpaired) electrons. The van der Waals surface area contributed by atoms with Crippen molar-refractivity contribution in [1.82, 2.24) is 10.2 Å². The fourth-order valence-corrected chi connectivity index (χ4v) is 5.47. The highest BCUT2D eigenvalue weighted by atomic mass is 19.1. The summed E-state index contributed by atoms with van der Waals surface area (Å²) in [5.41, 5.74) is 1.46. The lowest BCUT2D eigenvalue weighted by Gasteiger charge is -2.32. The van der Waals surface area contributed by atoms with Crippen LogP contribution in [0.25, 0.3) is 0 Å². The average Bonchev–Trinajstić information content (AvgIpc) is 2.96. The molecule has 41 heavy (non-hydrogen) atoms. The summed E-state index contributed by atoms with van der Waals surface area (Å²) < 4.78 is 23.8. The third-order valence-corrected chi connectivity index (χ3v) is 7.56. The molecule has 1 atom stereocenters. The second kappa shape index (κ2) is 12.9. The van der Waals surface area contributed by atoms with Gasteiger partial charge in [0.2, 0.25) is 0 Å². The lowest BCUT2D eigenvalue weighted by molar-refractivity contribution is -0.385. The molecule has 4 rings (SSSR count). The van der Waals surface area contributed by atoms with E-state index < -0.39 is 22.8 Å². The first kappa shape index (κ1) is 29.6. The Morgan fingerprint density at radius 2 is 1.61 bits per heavy atom. The van der Waals surface area contributed by atoms with Crippen LogP contribution in [0, 0.1) is 21.8 Å². The van der Waals surface area contributed by atoms with Crippen LogP contribution in [0.2, 0.25) is 0 Å². The first-order valence-electron chi connectivity index (χ1n) is 13.3. The molecule has 1 fully saturated rings. The molecular weight excluding hydrogens is 533 g/mol. The number of carbonyl (C=O) groups is 3. The smallest absolute Gasteiger partial charge is 0.336 e. The number of carbonyl (C=O) groups excluding carboxylic acids is 3. The molecule has 1 saturated heterocycles. The summed E-state index contributed by atoms with van der Waals surface area (Å²) in [6.07, 6.45) is 1.26. The van der Waals surface area contributed by atoms with E-state index in [2.05, 4.69) is 10.2 Å². The zero-order chi connectivity index (χ0) is 29.7. The van der Waals surface area contributed by atoms with E-state index in [4.69, 9.17) is 9.47 Å². The van der Waals surface area contributed by atoms with Crippen molar-refractivity contribution in [3.05, 3.63) is 98.1 Å². The maximum absolute atomic E-state index is 13.4. The van der Waals surface area contributed by atoms with Crippen LogP contribution in [0.4, 0.5) is 10.1 Å². The van der Waals surface area contributed by atoms with Crippen LogP contribution in [0.5, 0.6) is 0 Å². The normalized spacial score (nSPS) is 18.1. The van der Waals surface area contributed by atoms with Gasteiger partial charge >= 0.3 is 11.9 Å². The summed E-state index contributed by atoms with van der Waals surface area (Å²) in [4.78, 5) is 52.4. The number of allylic oxidation sites excluding steroid dienone is 2. The number of nitro groups is 1. The van der Waals surface area contributed by atoms with Crippen LogP contribution in [-0.4, -0.2) is 60.9 Å². The number of nitrogens with one attached hydrogen (secondary N) is 1. The number of esters is 2. The van der Waals surface area contributed by atoms with Crippen LogP contribution in [-0.2, 0) is 19.1 Å². The van der Waals surface area contributed by atoms with Gasteiger partial charge in [0.15, 0.2) is 5.78 Å². The monoisotopic (exact) mass is 565 g/mol. The quantitative estimate of drug-likeness (QED) is 0.205. The number of nitrogens with zero attached hydrogens (tertiary/aromatic N) is 2. The second-order valence-corrected chi connectivity index (χ2v) is 10.1. The zero-order valence-corrected chi connectivity index (χ0v) is 23.1. The van der Waals surface area contributed by atoms with Crippen molar-refractivity contribution in [3.8, 4) is 0 Å². The van der Waals surface area contributed by atoms with Crippen LogP contribution in [0.15, 0.2) is 71.1 Å². The summed E-state index contributed by atoms with van der Waals surface area (Å²) in [6.45, 7) is 5.03. The van der Waals surface area contributed by atoms with Gasteiger partial charge in [-0.15, -0.1) is 0 Å². The number of ketones is 1. The van der Waals surface area contributed by atoms with E-state index in [1.54, 1.807) is 19.9 Å². The highest BCUT2D eigenvalue weighted by Gasteiger charge is 2.40. The molecule has 0 bridgehead atoms. The second-order valence-electron chi connectivity index (χ2n) is 10.1. The van der Waals surface area contributed by atoms with Crippen molar-refractivity contribution in [2.75, 3.05) is 33.4 Å². The molecule has 2 heterocycles. The molecular formula is C30H32FN3O7. The molecule has 0 aromatic heterocycles. The van der Waals surface area contributed by atoms with Gasteiger partial charge in [0.05, 0.1) is 29.1 Å². The van der Waals surface area contributed by atoms with Crippen molar-refractivity contribution in [2.45, 2.75) is 32.6 Å². The number of dihydropyridines is 1. The Morgan fingerprint density at radius 3 is 2.22 bits per heavy atom. The fraction of sp³-hybridized carbons (Fsp3) is 0.367. The van der Waals surface area contributed by atoms with Gasteiger partial charge in [-0.1, -0.05) is 18.2 Å². The van der Waals surface area contributed by atoms with Crippen molar-refractivity contribution in [2.24, 2.45) is 5.92 Å². The number of likely N-dealkylation sites (tertiary alicyclic amines) is 1. The van der Waals surface area contributed by atoms with Gasteiger partial charge < -0.3 is 14.8 Å². The molecule has 10 nitrogen and oxygen atoms in total. The standard InChI is InChI=1S/C30H32FN3O7/c1-18-25(29(36)40-3)27(23-6-4-5-7-24(23)34(38)39)26(19(2)32-18)30(37)41-17-16-33-14-12-21(13-15-33)28(35)20-8-10-22(31)11-9-20/h4-11,21,27,32H,12-17H2,1-3H3. The van der Waals surface area contributed by atoms with Crippen LogP contribution in [0.1, 0.15) is 48.5 Å². The van der Waals surface area contributed by atoms with E-state index in [1.807, 2.05) is 0 Å². The van der Waals surface area contributed by atoms with Crippen LogP contribution in [0.3, 0.4) is 0 Å². The minimum atomic E-state index is -1.06. The average molecular weight is 566 g/mol. The summed E-state index contributed by atoms with van der Waals surface area (Å²) in [5.74, 6) is -3.03. The number of ether oxygens (including phenoxy) is 2. The van der Waals surface area contributed by atoms with Gasteiger partial charge in [-0.2, -0.15) is 0 Å². The first-order chi connectivity index (χ1) is 19.6. The third-order valence-electron chi connectivity index (χ3n) is 7.56. The van der Waals surface area contributed by atoms with Gasteiger partial charge in [0, 0.05) is 41.1 Å². The van der Waals surface area contributed by atoms with E-state index in [9.17, 15) is 28.9 Å². The highest BCUT2D eigenvalue weighted by molar-refractivity contribution is 6.00. The lowest BCUT2D eigenvalue weighted by atomic mass is 9.79. The topological polar surface area (TPSA) is 128 Å². The fourth-order valence-electron chi connectivity index (χ4n) is 5.47. The molecule has 0 amide bonds. The van der Waals surface area contributed by atoms with E-state index in [0.29, 0.717) is 49.4 Å². The Kier molecular flexibility index (Phi) is 9.28. The number of rotatable bonds is 9. The largest absolute Gasteiger partial charge is 0.466 e. The van der Waals surface area contributed by atoms with Crippen molar-refractivity contribution in [3.63, 3.8) is 0 Å². The summed E-state index contributed by atoms with van der Waals surface area (Å²) in [5, 5.41) is 14.9. The number of para-hydroxylation sites is 1. The number of hydrogen-bond donors (Lipinski definition) is 1. The Hall–Kier alpha value is -4.38. The molecule has 1 N–H and O–H groups in total. The highest BCUT2D eigenvalue weighted by Crippen LogP contribution is 2.42. The zero-order valence-electron chi connectivity index (χ0n) is 23.1. The minimum Gasteiger partial charge on any atom is -0.466 e. The Morgan fingerprint density at radius 1 is 1.00 bits per heavy atom. The minimum absolute atomic E-state index is 0.00547. The predicted molar refractivity (Wildman–Crippen MR) is 147 cm³/mol. The van der Waals surface area contributed by atoms with E-state index in [1.165, 1.54) is 49.6 Å². The van der Waals surface area contributed by atoms with E-state index in [-0.39, 0.29) is 46.5 Å².